The first kappa shape index (κ1) is 16.4. The molecule has 2 rings (SSSR count). The van der Waals surface area contributed by atoms with Crippen molar-refractivity contribution in [2.24, 2.45) is 11.7 Å². The summed E-state index contributed by atoms with van der Waals surface area (Å²) >= 11 is 0. The van der Waals surface area contributed by atoms with Crippen molar-refractivity contribution in [3.05, 3.63) is 35.9 Å². The quantitative estimate of drug-likeness (QED) is 0.829. The highest BCUT2D eigenvalue weighted by Gasteiger charge is 2.28. The number of likely N-dealkylation sites (tertiary alicyclic amines) is 1. The lowest BCUT2D eigenvalue weighted by molar-refractivity contribution is -0.0204. The number of benzene rings is 1. The molecule has 0 saturated carbocycles. The van der Waals surface area contributed by atoms with E-state index < -0.39 is 6.10 Å². The summed E-state index contributed by atoms with van der Waals surface area (Å²) in [5, 5.41) is 10.3. The number of β-amino-alcohol motifs (C(OH)–C–C–N with tert-alkyl or cyclic N) is 1. The van der Waals surface area contributed by atoms with Crippen molar-refractivity contribution >= 4 is 0 Å². The molecule has 0 radical (unpaired) electrons. The van der Waals surface area contributed by atoms with Crippen LogP contribution in [0.5, 0.6) is 0 Å². The zero-order chi connectivity index (χ0) is 15.2. The Balaban J connectivity index is 1.82. The first-order valence-corrected chi connectivity index (χ1v) is 7.83. The lowest BCUT2D eigenvalue weighted by Crippen LogP contribution is -2.50. The zero-order valence-electron chi connectivity index (χ0n) is 13.1. The largest absolute Gasteiger partial charge is 0.390 e. The van der Waals surface area contributed by atoms with Gasteiger partial charge in [-0.3, -0.25) is 4.90 Å². The second-order valence-corrected chi connectivity index (χ2v) is 6.22. The predicted molar refractivity (Wildman–Crippen MR) is 85.1 cm³/mol. The topological polar surface area (TPSA) is 58.7 Å². The van der Waals surface area contributed by atoms with Crippen LogP contribution in [0.3, 0.4) is 0 Å². The van der Waals surface area contributed by atoms with Crippen molar-refractivity contribution < 1.29 is 9.84 Å². The lowest BCUT2D eigenvalue weighted by atomic mass is 9.95. The Bertz CT molecular complexity index is 413. The number of nitrogens with zero attached hydrogens (tertiary/aromatic N) is 1. The van der Waals surface area contributed by atoms with Crippen LogP contribution in [0.2, 0.25) is 0 Å². The van der Waals surface area contributed by atoms with Crippen LogP contribution in [0.15, 0.2) is 30.3 Å². The van der Waals surface area contributed by atoms with E-state index in [1.54, 1.807) is 7.11 Å². The van der Waals surface area contributed by atoms with Crippen molar-refractivity contribution in [2.75, 3.05) is 26.7 Å². The third kappa shape index (κ3) is 4.78. The third-order valence-electron chi connectivity index (χ3n) is 4.53. The van der Waals surface area contributed by atoms with Crippen LogP contribution in [0, 0.1) is 5.92 Å². The normalized spacial score (nSPS) is 26.5. The number of methoxy groups -OCH3 is 1. The summed E-state index contributed by atoms with van der Waals surface area (Å²) in [5.41, 5.74) is 7.33. The first-order valence-electron chi connectivity index (χ1n) is 7.83. The van der Waals surface area contributed by atoms with Gasteiger partial charge in [0.05, 0.1) is 12.2 Å². The molecule has 1 fully saturated rings. The number of hydrogen-bond donors (Lipinski definition) is 2. The van der Waals surface area contributed by atoms with Gasteiger partial charge in [0, 0.05) is 26.2 Å². The van der Waals surface area contributed by atoms with E-state index in [0.717, 1.165) is 19.5 Å². The van der Waals surface area contributed by atoms with Crippen molar-refractivity contribution in [1.82, 2.24) is 4.90 Å². The molecule has 1 aliphatic heterocycles. The number of rotatable bonds is 6. The summed E-state index contributed by atoms with van der Waals surface area (Å²) in [4.78, 5) is 2.27. The number of aliphatic hydroxyl groups is 1. The Morgan fingerprint density at radius 1 is 1.38 bits per heavy atom. The minimum absolute atomic E-state index is 0.229. The zero-order valence-corrected chi connectivity index (χ0v) is 13.1. The van der Waals surface area contributed by atoms with Crippen LogP contribution in [-0.2, 0) is 11.2 Å². The molecule has 1 aromatic rings. The summed E-state index contributed by atoms with van der Waals surface area (Å²) in [7, 11) is 1.77. The van der Waals surface area contributed by atoms with Crippen LogP contribution in [0.25, 0.3) is 0 Å². The Labute approximate surface area is 127 Å². The molecular formula is C17H28N2O2. The van der Waals surface area contributed by atoms with Crippen molar-refractivity contribution in [1.29, 1.82) is 0 Å². The van der Waals surface area contributed by atoms with Gasteiger partial charge in [-0.15, -0.1) is 0 Å². The fourth-order valence-corrected chi connectivity index (χ4v) is 2.99. The molecule has 1 aliphatic rings. The van der Waals surface area contributed by atoms with Crippen molar-refractivity contribution in [3.8, 4) is 0 Å². The van der Waals surface area contributed by atoms with Gasteiger partial charge in [0.1, 0.15) is 0 Å². The fraction of sp³-hybridized carbons (Fsp3) is 0.647. The summed E-state index contributed by atoms with van der Waals surface area (Å²) < 4.78 is 5.52. The Kier molecular flexibility index (Phi) is 6.18. The molecule has 3 N–H and O–H groups in total. The lowest BCUT2D eigenvalue weighted by Gasteiger charge is -2.37. The summed E-state index contributed by atoms with van der Waals surface area (Å²) in [6.45, 7) is 4.74. The average molecular weight is 292 g/mol. The van der Waals surface area contributed by atoms with E-state index in [1.807, 2.05) is 18.2 Å². The molecule has 0 bridgehead atoms. The van der Waals surface area contributed by atoms with Gasteiger partial charge in [0.2, 0.25) is 0 Å². The Hall–Kier alpha value is -0.940. The Morgan fingerprint density at radius 2 is 2.10 bits per heavy atom. The molecule has 118 valence electrons. The molecule has 0 spiro atoms. The maximum absolute atomic E-state index is 10.3. The van der Waals surface area contributed by atoms with E-state index in [1.165, 1.54) is 5.56 Å². The predicted octanol–water partition coefficient (Wildman–Crippen LogP) is 1.27. The Morgan fingerprint density at radius 3 is 2.76 bits per heavy atom. The van der Waals surface area contributed by atoms with Gasteiger partial charge in [0.25, 0.3) is 0 Å². The van der Waals surface area contributed by atoms with Crippen molar-refractivity contribution in [2.45, 2.75) is 38.0 Å². The molecule has 4 unspecified atom stereocenters. The first-order chi connectivity index (χ1) is 10.1. The van der Waals surface area contributed by atoms with Crippen LogP contribution in [0.4, 0.5) is 0 Å². The van der Waals surface area contributed by atoms with E-state index in [9.17, 15) is 5.11 Å². The van der Waals surface area contributed by atoms with E-state index in [4.69, 9.17) is 10.5 Å². The summed E-state index contributed by atoms with van der Waals surface area (Å²) in [5.74, 6) is 0.585. The van der Waals surface area contributed by atoms with Gasteiger partial charge in [-0.2, -0.15) is 0 Å². The number of ether oxygens (including phenoxy) is 1. The molecule has 1 heterocycles. The molecule has 4 atom stereocenters. The maximum atomic E-state index is 10.3. The highest BCUT2D eigenvalue weighted by molar-refractivity contribution is 5.16. The second-order valence-electron chi connectivity index (χ2n) is 6.22. The molecule has 4 nitrogen and oxygen atoms in total. The number of hydrogen-bond acceptors (Lipinski definition) is 4. The minimum atomic E-state index is -0.504. The summed E-state index contributed by atoms with van der Waals surface area (Å²) in [6, 6.07) is 9.87. The van der Waals surface area contributed by atoms with Crippen LogP contribution in [-0.4, -0.2) is 55.0 Å². The number of piperidine rings is 1. The molecule has 21 heavy (non-hydrogen) atoms. The van der Waals surface area contributed by atoms with E-state index in [2.05, 4.69) is 24.0 Å². The molecule has 0 aliphatic carbocycles. The monoisotopic (exact) mass is 292 g/mol. The van der Waals surface area contributed by atoms with Crippen LogP contribution >= 0.6 is 0 Å². The second kappa shape index (κ2) is 7.90. The van der Waals surface area contributed by atoms with Gasteiger partial charge < -0.3 is 15.6 Å². The average Bonchev–Trinajstić information content (AvgIpc) is 2.50. The molecular weight excluding hydrogens is 264 g/mol. The van der Waals surface area contributed by atoms with E-state index in [0.29, 0.717) is 18.9 Å². The fourth-order valence-electron chi connectivity index (χ4n) is 2.99. The van der Waals surface area contributed by atoms with Gasteiger partial charge in [-0.1, -0.05) is 37.3 Å². The molecule has 0 aromatic heterocycles. The molecule has 1 saturated heterocycles. The van der Waals surface area contributed by atoms with E-state index in [-0.39, 0.29) is 12.1 Å². The van der Waals surface area contributed by atoms with Gasteiger partial charge in [-0.25, -0.2) is 0 Å². The SMILES string of the molecule is COC1CN(CC(O)C(N)Cc2ccccc2)CCC1C. The van der Waals surface area contributed by atoms with Gasteiger partial charge in [0.15, 0.2) is 0 Å². The molecule has 4 heteroatoms. The van der Waals surface area contributed by atoms with E-state index >= 15 is 0 Å². The third-order valence-corrected chi connectivity index (χ3v) is 4.53. The number of aliphatic hydroxyl groups excluding tert-OH is 1. The minimum Gasteiger partial charge on any atom is -0.390 e. The van der Waals surface area contributed by atoms with Gasteiger partial charge in [-0.05, 0) is 30.9 Å². The maximum Gasteiger partial charge on any atom is 0.0820 e. The highest BCUT2D eigenvalue weighted by atomic mass is 16.5. The molecule has 1 aromatic carbocycles. The smallest absolute Gasteiger partial charge is 0.0820 e. The summed E-state index contributed by atoms with van der Waals surface area (Å²) in [6.07, 6.45) is 1.58. The number of nitrogens with two attached hydrogens (primary N) is 1. The molecule has 0 amide bonds. The highest BCUT2D eigenvalue weighted by Crippen LogP contribution is 2.19. The van der Waals surface area contributed by atoms with Crippen molar-refractivity contribution in [3.63, 3.8) is 0 Å². The van der Waals surface area contributed by atoms with Crippen LogP contribution < -0.4 is 5.73 Å². The van der Waals surface area contributed by atoms with Gasteiger partial charge >= 0.3 is 0 Å². The standard InChI is InChI=1S/C17H28N2O2/c1-13-8-9-19(12-17(13)21-2)11-16(20)15(18)10-14-6-4-3-5-7-14/h3-7,13,15-17,20H,8-12,18H2,1-2H3. The van der Waals surface area contributed by atoms with Crippen LogP contribution in [0.1, 0.15) is 18.9 Å².